The van der Waals surface area contributed by atoms with Gasteiger partial charge < -0.3 is 20.1 Å². The molecule has 1 aliphatic rings. The fourth-order valence-electron chi connectivity index (χ4n) is 2.43. The number of nitrogens with two attached hydrogens (primary N) is 1. The monoisotopic (exact) mass is 304 g/mol. The molecular formula is C17H24N2O3. The van der Waals surface area contributed by atoms with Crippen molar-refractivity contribution in [1.82, 2.24) is 4.90 Å². The molecule has 0 aliphatic carbocycles. The average molecular weight is 304 g/mol. The van der Waals surface area contributed by atoms with Crippen molar-refractivity contribution in [1.29, 1.82) is 0 Å². The van der Waals surface area contributed by atoms with Gasteiger partial charge in [-0.1, -0.05) is 13.8 Å². The number of rotatable bonds is 5. The molecule has 0 radical (unpaired) electrons. The minimum absolute atomic E-state index is 0.0324. The Morgan fingerprint density at radius 3 is 2.82 bits per heavy atom. The number of hydrogen-bond acceptors (Lipinski definition) is 4. The third-order valence-corrected chi connectivity index (χ3v) is 3.77. The number of fused-ring (bicyclic) bond motifs is 1. The first-order chi connectivity index (χ1) is 10.4. The topological polar surface area (TPSA) is 64.8 Å². The van der Waals surface area contributed by atoms with E-state index in [1.165, 1.54) is 0 Å². The summed E-state index contributed by atoms with van der Waals surface area (Å²) in [6.45, 7) is 5.50. The van der Waals surface area contributed by atoms with Crippen molar-refractivity contribution in [2.45, 2.75) is 13.8 Å². The van der Waals surface area contributed by atoms with E-state index in [0.29, 0.717) is 18.7 Å². The molecule has 0 bridgehead atoms. The van der Waals surface area contributed by atoms with Crippen LogP contribution in [0.15, 0.2) is 23.8 Å². The maximum Gasteiger partial charge on any atom is 0.253 e. The Balaban J connectivity index is 2.18. The van der Waals surface area contributed by atoms with Crippen LogP contribution in [0.25, 0.3) is 6.08 Å². The SMILES string of the molecule is COc1ccc2c(c1)C=C(C(=O)N(C)CC(C)(C)CN)CO2. The molecular weight excluding hydrogens is 280 g/mol. The van der Waals surface area contributed by atoms with Gasteiger partial charge in [-0.2, -0.15) is 0 Å². The summed E-state index contributed by atoms with van der Waals surface area (Å²) in [4.78, 5) is 14.3. The molecule has 1 aliphatic heterocycles. The molecule has 120 valence electrons. The van der Waals surface area contributed by atoms with Crippen molar-refractivity contribution < 1.29 is 14.3 Å². The molecule has 1 amide bonds. The van der Waals surface area contributed by atoms with Gasteiger partial charge in [0.15, 0.2) is 0 Å². The zero-order valence-electron chi connectivity index (χ0n) is 13.7. The molecule has 1 heterocycles. The Labute approximate surface area is 131 Å². The van der Waals surface area contributed by atoms with E-state index in [2.05, 4.69) is 0 Å². The van der Waals surface area contributed by atoms with E-state index >= 15 is 0 Å². The lowest BCUT2D eigenvalue weighted by molar-refractivity contribution is -0.127. The third kappa shape index (κ3) is 3.60. The van der Waals surface area contributed by atoms with Gasteiger partial charge in [0, 0.05) is 19.2 Å². The van der Waals surface area contributed by atoms with Crippen molar-refractivity contribution in [3.8, 4) is 11.5 Å². The lowest BCUT2D eigenvalue weighted by Crippen LogP contribution is -2.41. The molecule has 5 heteroatoms. The molecule has 0 saturated carbocycles. The molecule has 2 rings (SSSR count). The zero-order valence-corrected chi connectivity index (χ0v) is 13.7. The summed E-state index contributed by atoms with van der Waals surface area (Å²) in [5.41, 5.74) is 7.12. The highest BCUT2D eigenvalue weighted by Gasteiger charge is 2.25. The Kier molecular flexibility index (Phi) is 4.76. The van der Waals surface area contributed by atoms with Gasteiger partial charge in [0.05, 0.1) is 12.7 Å². The predicted molar refractivity (Wildman–Crippen MR) is 86.9 cm³/mol. The van der Waals surface area contributed by atoms with E-state index in [1.807, 2.05) is 38.1 Å². The van der Waals surface area contributed by atoms with Crippen molar-refractivity contribution in [2.75, 3.05) is 33.9 Å². The van der Waals surface area contributed by atoms with Crippen LogP contribution in [0, 0.1) is 5.41 Å². The van der Waals surface area contributed by atoms with Gasteiger partial charge >= 0.3 is 0 Å². The second-order valence-corrected chi connectivity index (χ2v) is 6.39. The van der Waals surface area contributed by atoms with Crippen LogP contribution in [-0.2, 0) is 4.79 Å². The van der Waals surface area contributed by atoms with E-state index in [-0.39, 0.29) is 17.9 Å². The number of carbonyl (C=O) groups is 1. The first-order valence-corrected chi connectivity index (χ1v) is 7.33. The summed E-state index contributed by atoms with van der Waals surface area (Å²) in [5, 5.41) is 0. The summed E-state index contributed by atoms with van der Waals surface area (Å²) in [7, 11) is 3.41. The number of amides is 1. The number of nitrogens with zero attached hydrogens (tertiary/aromatic N) is 1. The minimum atomic E-state index is -0.110. The molecule has 0 saturated heterocycles. The fourth-order valence-corrected chi connectivity index (χ4v) is 2.43. The van der Waals surface area contributed by atoms with Crippen molar-refractivity contribution in [3.63, 3.8) is 0 Å². The molecule has 0 aromatic heterocycles. The predicted octanol–water partition coefficient (Wildman–Crippen LogP) is 1.91. The summed E-state index contributed by atoms with van der Waals surface area (Å²) in [5.74, 6) is 1.47. The molecule has 1 aromatic rings. The van der Waals surface area contributed by atoms with Crippen LogP contribution in [0.2, 0.25) is 0 Å². The molecule has 0 unspecified atom stereocenters. The van der Waals surface area contributed by atoms with Crippen LogP contribution in [0.3, 0.4) is 0 Å². The Bertz CT molecular complexity index is 594. The molecule has 5 nitrogen and oxygen atoms in total. The van der Waals surface area contributed by atoms with Crippen LogP contribution in [0.4, 0.5) is 0 Å². The number of benzene rings is 1. The zero-order chi connectivity index (χ0) is 16.3. The van der Waals surface area contributed by atoms with Crippen molar-refractivity contribution >= 4 is 12.0 Å². The normalized spacial score (nSPS) is 13.8. The maximum absolute atomic E-state index is 12.6. The summed E-state index contributed by atoms with van der Waals surface area (Å²) >= 11 is 0. The average Bonchev–Trinajstić information content (AvgIpc) is 2.52. The van der Waals surface area contributed by atoms with E-state index < -0.39 is 0 Å². The molecule has 0 spiro atoms. The number of carbonyl (C=O) groups excluding carboxylic acids is 1. The number of hydrogen-bond donors (Lipinski definition) is 1. The van der Waals surface area contributed by atoms with E-state index in [0.717, 1.165) is 17.1 Å². The first kappa shape index (κ1) is 16.4. The Morgan fingerprint density at radius 2 is 2.18 bits per heavy atom. The van der Waals surface area contributed by atoms with Crippen molar-refractivity contribution in [2.24, 2.45) is 11.1 Å². The summed E-state index contributed by atoms with van der Waals surface area (Å²) in [6, 6.07) is 5.56. The van der Waals surface area contributed by atoms with Gasteiger partial charge in [-0.3, -0.25) is 4.79 Å². The second kappa shape index (κ2) is 6.40. The lowest BCUT2D eigenvalue weighted by Gasteiger charge is -2.30. The van der Waals surface area contributed by atoms with Crippen LogP contribution in [-0.4, -0.2) is 44.7 Å². The van der Waals surface area contributed by atoms with Crippen molar-refractivity contribution in [3.05, 3.63) is 29.3 Å². The van der Waals surface area contributed by atoms with E-state index in [9.17, 15) is 4.79 Å². The Morgan fingerprint density at radius 1 is 1.45 bits per heavy atom. The van der Waals surface area contributed by atoms with Crippen LogP contribution < -0.4 is 15.2 Å². The molecule has 22 heavy (non-hydrogen) atoms. The van der Waals surface area contributed by atoms with Gasteiger partial charge in [0.1, 0.15) is 18.1 Å². The van der Waals surface area contributed by atoms with E-state index in [4.69, 9.17) is 15.2 Å². The highest BCUT2D eigenvalue weighted by molar-refractivity contribution is 5.99. The van der Waals surface area contributed by atoms with Crippen LogP contribution >= 0.6 is 0 Å². The fraction of sp³-hybridized carbons (Fsp3) is 0.471. The first-order valence-electron chi connectivity index (χ1n) is 7.33. The quantitative estimate of drug-likeness (QED) is 0.902. The number of likely N-dealkylation sites (N-methyl/N-ethyl adjacent to an activating group) is 1. The maximum atomic E-state index is 12.6. The minimum Gasteiger partial charge on any atom is -0.497 e. The van der Waals surface area contributed by atoms with Gasteiger partial charge in [-0.05, 0) is 36.2 Å². The molecule has 1 aromatic carbocycles. The van der Waals surface area contributed by atoms with Crippen LogP contribution in [0.1, 0.15) is 19.4 Å². The van der Waals surface area contributed by atoms with Gasteiger partial charge in [0.25, 0.3) is 5.91 Å². The summed E-state index contributed by atoms with van der Waals surface area (Å²) < 4.78 is 10.9. The number of ether oxygens (including phenoxy) is 2. The lowest BCUT2D eigenvalue weighted by atomic mass is 9.93. The smallest absolute Gasteiger partial charge is 0.253 e. The van der Waals surface area contributed by atoms with E-state index in [1.54, 1.807) is 19.1 Å². The summed E-state index contributed by atoms with van der Waals surface area (Å²) in [6.07, 6.45) is 1.87. The third-order valence-electron chi connectivity index (χ3n) is 3.77. The molecule has 2 N–H and O–H groups in total. The number of methoxy groups -OCH3 is 1. The highest BCUT2D eigenvalue weighted by atomic mass is 16.5. The standard InChI is InChI=1S/C17H24N2O3/c1-17(2,10-18)11-19(3)16(20)13-7-12-8-14(21-4)5-6-15(12)22-9-13/h5-8H,9-11,18H2,1-4H3. The highest BCUT2D eigenvalue weighted by Crippen LogP contribution is 2.30. The Hall–Kier alpha value is -2.01. The van der Waals surface area contributed by atoms with Gasteiger partial charge in [-0.25, -0.2) is 0 Å². The van der Waals surface area contributed by atoms with Gasteiger partial charge in [-0.15, -0.1) is 0 Å². The second-order valence-electron chi connectivity index (χ2n) is 6.39. The molecule has 0 atom stereocenters. The van der Waals surface area contributed by atoms with Gasteiger partial charge in [0.2, 0.25) is 0 Å². The van der Waals surface area contributed by atoms with Crippen LogP contribution in [0.5, 0.6) is 11.5 Å². The molecule has 0 fully saturated rings. The largest absolute Gasteiger partial charge is 0.497 e.